The lowest BCUT2D eigenvalue weighted by molar-refractivity contribution is -0.0821. The summed E-state index contributed by atoms with van der Waals surface area (Å²) >= 11 is 0. The summed E-state index contributed by atoms with van der Waals surface area (Å²) in [6.07, 6.45) is 6.59. The zero-order valence-corrected chi connectivity index (χ0v) is 15.0. The number of nitrogens with zero attached hydrogens (tertiary/aromatic N) is 4. The number of rotatable bonds is 3. The first kappa shape index (κ1) is 16.6. The van der Waals surface area contributed by atoms with Crippen LogP contribution in [0, 0.1) is 5.82 Å². The Morgan fingerprint density at radius 2 is 2.00 bits per heavy atom. The minimum Gasteiger partial charge on any atom is -0.364 e. The van der Waals surface area contributed by atoms with Crippen molar-refractivity contribution in [2.45, 2.75) is 31.7 Å². The van der Waals surface area contributed by atoms with Crippen molar-refractivity contribution in [1.29, 1.82) is 0 Å². The second-order valence-electron chi connectivity index (χ2n) is 7.45. The van der Waals surface area contributed by atoms with E-state index in [2.05, 4.69) is 25.5 Å². The lowest BCUT2D eigenvalue weighted by atomic mass is 10.0. The van der Waals surface area contributed by atoms with Gasteiger partial charge >= 0.3 is 0 Å². The average molecular weight is 364 g/mol. The van der Waals surface area contributed by atoms with Gasteiger partial charge in [0.25, 0.3) is 0 Å². The molecule has 6 heteroatoms. The van der Waals surface area contributed by atoms with Gasteiger partial charge in [0, 0.05) is 32.0 Å². The van der Waals surface area contributed by atoms with Crippen LogP contribution >= 0.6 is 0 Å². The normalized spacial score (nSPS) is 22.3. The lowest BCUT2D eigenvalue weighted by Crippen LogP contribution is -2.44. The van der Waals surface area contributed by atoms with E-state index in [1.807, 2.05) is 30.6 Å². The van der Waals surface area contributed by atoms with Gasteiger partial charge in [-0.1, -0.05) is 6.07 Å². The van der Waals surface area contributed by atoms with Gasteiger partial charge in [-0.15, -0.1) is 0 Å². The van der Waals surface area contributed by atoms with Crippen LogP contribution in [0.15, 0.2) is 55.0 Å². The second kappa shape index (κ2) is 6.55. The Bertz CT molecular complexity index is 941. The molecule has 0 bridgehead atoms. The van der Waals surface area contributed by atoms with Crippen LogP contribution in [-0.4, -0.2) is 38.1 Å². The van der Waals surface area contributed by atoms with E-state index in [1.165, 1.54) is 17.7 Å². The van der Waals surface area contributed by atoms with Crippen LogP contribution in [0.25, 0.3) is 11.3 Å². The van der Waals surface area contributed by atoms with Gasteiger partial charge in [-0.3, -0.25) is 9.88 Å². The number of ether oxygens (including phenoxy) is 1. The van der Waals surface area contributed by atoms with Crippen molar-refractivity contribution >= 4 is 0 Å². The third kappa shape index (κ3) is 3.15. The summed E-state index contributed by atoms with van der Waals surface area (Å²) in [5, 5.41) is 0. The number of pyridine rings is 1. The molecule has 1 unspecified atom stereocenters. The molecular weight excluding hydrogens is 343 g/mol. The van der Waals surface area contributed by atoms with Gasteiger partial charge in [0.05, 0.1) is 18.4 Å². The number of hydrogen-bond acceptors (Lipinski definition) is 4. The maximum Gasteiger partial charge on any atom is 0.135 e. The maximum atomic E-state index is 13.3. The van der Waals surface area contributed by atoms with Crippen molar-refractivity contribution in [3.05, 3.63) is 72.2 Å². The number of likely N-dealkylation sites (tertiary alicyclic amines) is 1. The van der Waals surface area contributed by atoms with Crippen molar-refractivity contribution in [1.82, 2.24) is 19.4 Å². The molecule has 0 saturated carbocycles. The molecular formula is C21H21FN4O. The van der Waals surface area contributed by atoms with Crippen molar-refractivity contribution in [2.75, 3.05) is 13.1 Å². The molecule has 1 spiro atoms. The van der Waals surface area contributed by atoms with E-state index in [9.17, 15) is 4.39 Å². The van der Waals surface area contributed by atoms with E-state index in [0.29, 0.717) is 6.61 Å². The summed E-state index contributed by atoms with van der Waals surface area (Å²) in [5.41, 5.74) is 3.04. The van der Waals surface area contributed by atoms with Crippen LogP contribution in [0.3, 0.4) is 0 Å². The molecule has 1 saturated heterocycles. The van der Waals surface area contributed by atoms with E-state index in [1.54, 1.807) is 6.20 Å². The SMILES string of the molecule is Fc1ccc(-c2cnc3n2CC2(CCN(Cc4cccnc4)C2)OC3)cc1. The van der Waals surface area contributed by atoms with E-state index in [0.717, 1.165) is 49.7 Å². The third-order valence-electron chi connectivity index (χ3n) is 5.56. The Balaban J connectivity index is 1.36. The maximum absolute atomic E-state index is 13.3. The van der Waals surface area contributed by atoms with E-state index in [4.69, 9.17) is 4.74 Å². The molecule has 1 atom stereocenters. The summed E-state index contributed by atoms with van der Waals surface area (Å²) in [6.45, 7) is 4.08. The molecule has 0 N–H and O–H groups in total. The lowest BCUT2D eigenvalue weighted by Gasteiger charge is -2.35. The van der Waals surface area contributed by atoms with Gasteiger partial charge in [-0.2, -0.15) is 0 Å². The molecule has 0 radical (unpaired) electrons. The predicted octanol–water partition coefficient (Wildman–Crippen LogP) is 3.26. The molecule has 5 rings (SSSR count). The average Bonchev–Trinajstić information content (AvgIpc) is 3.28. The first-order valence-corrected chi connectivity index (χ1v) is 9.26. The van der Waals surface area contributed by atoms with Gasteiger partial charge in [0.1, 0.15) is 23.8 Å². The quantitative estimate of drug-likeness (QED) is 0.716. The van der Waals surface area contributed by atoms with E-state index < -0.39 is 0 Å². The fourth-order valence-electron chi connectivity index (χ4n) is 4.17. The summed E-state index contributed by atoms with van der Waals surface area (Å²) in [7, 11) is 0. The molecule has 0 amide bonds. The van der Waals surface area contributed by atoms with E-state index in [-0.39, 0.29) is 11.4 Å². The Morgan fingerprint density at radius 3 is 2.81 bits per heavy atom. The summed E-state index contributed by atoms with van der Waals surface area (Å²) in [6, 6.07) is 10.7. The van der Waals surface area contributed by atoms with Gasteiger partial charge in [-0.05, 0) is 47.9 Å². The van der Waals surface area contributed by atoms with Crippen molar-refractivity contribution in [3.63, 3.8) is 0 Å². The fourth-order valence-corrected chi connectivity index (χ4v) is 4.17. The number of hydrogen-bond donors (Lipinski definition) is 0. The standard InChI is InChI=1S/C21H21FN4O/c22-18-5-3-17(4-6-18)19-11-24-20-13-27-21(15-26(19)20)7-9-25(14-21)12-16-2-1-8-23-10-16/h1-6,8,10-11H,7,9,12-15H2. The van der Waals surface area contributed by atoms with Crippen LogP contribution in [0.4, 0.5) is 4.39 Å². The van der Waals surface area contributed by atoms with E-state index >= 15 is 0 Å². The second-order valence-corrected chi connectivity index (χ2v) is 7.45. The van der Waals surface area contributed by atoms with Crippen molar-refractivity contribution < 1.29 is 9.13 Å². The minimum atomic E-state index is -0.223. The molecule has 1 aromatic carbocycles. The van der Waals surface area contributed by atoms with Crippen molar-refractivity contribution in [2.24, 2.45) is 0 Å². The molecule has 5 nitrogen and oxygen atoms in total. The molecule has 1 fully saturated rings. The highest BCUT2D eigenvalue weighted by Crippen LogP contribution is 2.35. The van der Waals surface area contributed by atoms with Gasteiger partial charge in [0.15, 0.2) is 0 Å². The first-order valence-electron chi connectivity index (χ1n) is 9.26. The Hall–Kier alpha value is -2.57. The summed E-state index contributed by atoms with van der Waals surface area (Å²) in [5.74, 6) is 0.712. The Morgan fingerprint density at radius 1 is 1.11 bits per heavy atom. The van der Waals surface area contributed by atoms with Crippen LogP contribution in [0.5, 0.6) is 0 Å². The molecule has 138 valence electrons. The van der Waals surface area contributed by atoms with Gasteiger partial charge in [0.2, 0.25) is 0 Å². The number of aromatic nitrogens is 3. The number of fused-ring (bicyclic) bond motifs is 1. The number of imidazole rings is 1. The van der Waals surface area contributed by atoms with Crippen molar-refractivity contribution in [3.8, 4) is 11.3 Å². The van der Waals surface area contributed by atoms with Gasteiger partial charge in [-0.25, -0.2) is 9.37 Å². The summed E-state index contributed by atoms with van der Waals surface area (Å²) in [4.78, 5) is 11.2. The minimum absolute atomic E-state index is 0.190. The smallest absolute Gasteiger partial charge is 0.135 e. The van der Waals surface area contributed by atoms with Crippen LogP contribution < -0.4 is 0 Å². The summed E-state index contributed by atoms with van der Waals surface area (Å²) < 4.78 is 21.8. The monoisotopic (exact) mass is 364 g/mol. The molecule has 2 aliphatic heterocycles. The van der Waals surface area contributed by atoms with Gasteiger partial charge < -0.3 is 9.30 Å². The number of halogens is 1. The van der Waals surface area contributed by atoms with Crippen LogP contribution in [0.1, 0.15) is 17.8 Å². The Labute approximate surface area is 157 Å². The first-order chi connectivity index (χ1) is 13.2. The molecule has 4 heterocycles. The molecule has 2 aliphatic rings. The van der Waals surface area contributed by atoms with Crippen LogP contribution in [0.2, 0.25) is 0 Å². The zero-order valence-electron chi connectivity index (χ0n) is 15.0. The molecule has 3 aromatic rings. The topological polar surface area (TPSA) is 43.2 Å². The molecule has 27 heavy (non-hydrogen) atoms. The highest BCUT2D eigenvalue weighted by Gasteiger charge is 2.43. The van der Waals surface area contributed by atoms with Crippen LogP contribution in [-0.2, 0) is 24.4 Å². The Kier molecular flexibility index (Phi) is 4.02. The highest BCUT2D eigenvalue weighted by atomic mass is 19.1. The predicted molar refractivity (Wildman–Crippen MR) is 99.3 cm³/mol. The third-order valence-corrected chi connectivity index (χ3v) is 5.56. The molecule has 0 aliphatic carbocycles. The zero-order chi connectivity index (χ0) is 18.3. The highest BCUT2D eigenvalue weighted by molar-refractivity contribution is 5.59. The fraction of sp³-hybridized carbons (Fsp3) is 0.333. The molecule has 2 aromatic heterocycles. The largest absolute Gasteiger partial charge is 0.364 e. The number of benzene rings is 1.